The molecule has 0 saturated carbocycles. The average Bonchev–Trinajstić information content (AvgIpc) is 2.17. The molecule has 0 aromatic carbocycles. The second kappa shape index (κ2) is 4.18. The fourth-order valence-electron chi connectivity index (χ4n) is 0.942. The summed E-state index contributed by atoms with van der Waals surface area (Å²) in [6.07, 6.45) is 3.71. The molecule has 0 saturated heterocycles. The maximum atomic E-state index is 12.7. The van der Waals surface area contributed by atoms with Crippen molar-refractivity contribution in [2.75, 3.05) is 0 Å². The molecule has 0 aliphatic heterocycles. The molecule has 2 heterocycles. The van der Waals surface area contributed by atoms with E-state index in [1.807, 2.05) is 0 Å². The van der Waals surface area contributed by atoms with Crippen LogP contribution < -0.4 is 4.74 Å². The van der Waals surface area contributed by atoms with Crippen LogP contribution in [0.2, 0.25) is 5.15 Å². The summed E-state index contributed by atoms with van der Waals surface area (Å²) in [7, 11) is 0. The molecule has 2 rings (SSSR count). The molecule has 0 unspecified atom stereocenters. The minimum absolute atomic E-state index is 0.238. The van der Waals surface area contributed by atoms with Gasteiger partial charge in [0.2, 0.25) is 5.88 Å². The van der Waals surface area contributed by atoms with E-state index in [-0.39, 0.29) is 16.8 Å². The standard InChI is InChI=1S/C9H5ClFN3O/c10-8-2-9(14-5-13-8)15-7-1-6(11)3-12-4-7/h1-5H. The van der Waals surface area contributed by atoms with Crippen LogP contribution in [0.4, 0.5) is 4.39 Å². The van der Waals surface area contributed by atoms with Crippen molar-refractivity contribution >= 4 is 11.6 Å². The van der Waals surface area contributed by atoms with E-state index < -0.39 is 5.82 Å². The third-order valence-electron chi connectivity index (χ3n) is 1.51. The Kier molecular flexibility index (Phi) is 2.73. The SMILES string of the molecule is Fc1cncc(Oc2cc(Cl)ncn2)c1. The van der Waals surface area contributed by atoms with Gasteiger partial charge in [0, 0.05) is 12.1 Å². The van der Waals surface area contributed by atoms with Crippen molar-refractivity contribution in [2.24, 2.45) is 0 Å². The van der Waals surface area contributed by atoms with Gasteiger partial charge in [-0.2, -0.15) is 0 Å². The average molecular weight is 226 g/mol. The predicted molar refractivity (Wildman–Crippen MR) is 51.3 cm³/mol. The van der Waals surface area contributed by atoms with Gasteiger partial charge in [0.25, 0.3) is 0 Å². The van der Waals surface area contributed by atoms with Crippen molar-refractivity contribution in [1.82, 2.24) is 15.0 Å². The maximum Gasteiger partial charge on any atom is 0.223 e. The summed E-state index contributed by atoms with van der Waals surface area (Å²) in [5.74, 6) is 0.0137. The van der Waals surface area contributed by atoms with E-state index in [4.69, 9.17) is 16.3 Å². The van der Waals surface area contributed by atoms with Crippen molar-refractivity contribution in [1.29, 1.82) is 0 Å². The normalized spacial score (nSPS) is 10.0. The summed E-state index contributed by atoms with van der Waals surface area (Å²) in [5, 5.41) is 0.254. The summed E-state index contributed by atoms with van der Waals surface area (Å²) in [5.41, 5.74) is 0. The molecular formula is C9H5ClFN3O. The van der Waals surface area contributed by atoms with Crippen LogP contribution in [-0.4, -0.2) is 15.0 Å². The fourth-order valence-corrected chi connectivity index (χ4v) is 1.08. The topological polar surface area (TPSA) is 47.9 Å². The first-order valence-corrected chi connectivity index (χ1v) is 4.38. The Morgan fingerprint density at radius 3 is 2.80 bits per heavy atom. The van der Waals surface area contributed by atoms with Gasteiger partial charge in [0.05, 0.1) is 12.4 Å². The first-order chi connectivity index (χ1) is 7.24. The zero-order valence-corrected chi connectivity index (χ0v) is 8.15. The van der Waals surface area contributed by atoms with Crippen molar-refractivity contribution in [3.05, 3.63) is 41.8 Å². The highest BCUT2D eigenvalue weighted by Crippen LogP contribution is 2.19. The monoisotopic (exact) mass is 225 g/mol. The van der Waals surface area contributed by atoms with Crippen LogP contribution >= 0.6 is 11.6 Å². The van der Waals surface area contributed by atoms with E-state index in [1.54, 1.807) is 0 Å². The number of rotatable bonds is 2. The van der Waals surface area contributed by atoms with Gasteiger partial charge in [-0.05, 0) is 0 Å². The van der Waals surface area contributed by atoms with Crippen LogP contribution in [0.5, 0.6) is 11.6 Å². The molecule has 0 amide bonds. The highest BCUT2D eigenvalue weighted by atomic mass is 35.5. The molecule has 0 radical (unpaired) electrons. The van der Waals surface area contributed by atoms with E-state index in [0.29, 0.717) is 0 Å². The molecule has 0 aliphatic rings. The summed E-state index contributed by atoms with van der Waals surface area (Å²) >= 11 is 5.62. The van der Waals surface area contributed by atoms with Gasteiger partial charge in [-0.3, -0.25) is 4.98 Å². The molecule has 2 aromatic rings. The molecule has 0 atom stereocenters. The second-order valence-electron chi connectivity index (χ2n) is 2.62. The largest absolute Gasteiger partial charge is 0.437 e. The number of nitrogens with zero attached hydrogens (tertiary/aromatic N) is 3. The molecule has 0 bridgehead atoms. The lowest BCUT2D eigenvalue weighted by Crippen LogP contribution is -1.90. The second-order valence-corrected chi connectivity index (χ2v) is 3.01. The fraction of sp³-hybridized carbons (Fsp3) is 0. The first-order valence-electron chi connectivity index (χ1n) is 4.00. The Labute approximate surface area is 89.7 Å². The number of hydrogen-bond donors (Lipinski definition) is 0. The van der Waals surface area contributed by atoms with E-state index in [0.717, 1.165) is 6.20 Å². The molecule has 2 aromatic heterocycles. The zero-order chi connectivity index (χ0) is 10.7. The Morgan fingerprint density at radius 1 is 1.20 bits per heavy atom. The molecule has 15 heavy (non-hydrogen) atoms. The van der Waals surface area contributed by atoms with Gasteiger partial charge in [-0.15, -0.1) is 0 Å². The van der Waals surface area contributed by atoms with E-state index in [2.05, 4.69) is 15.0 Å². The van der Waals surface area contributed by atoms with Gasteiger partial charge in [-0.25, -0.2) is 14.4 Å². The quantitative estimate of drug-likeness (QED) is 0.737. The zero-order valence-electron chi connectivity index (χ0n) is 7.39. The van der Waals surface area contributed by atoms with Crippen LogP contribution in [0, 0.1) is 5.82 Å². The van der Waals surface area contributed by atoms with Crippen molar-refractivity contribution < 1.29 is 9.13 Å². The molecule has 4 nitrogen and oxygen atoms in total. The molecular weight excluding hydrogens is 221 g/mol. The number of ether oxygens (including phenoxy) is 1. The van der Waals surface area contributed by atoms with Crippen molar-refractivity contribution in [3.8, 4) is 11.6 Å². The van der Waals surface area contributed by atoms with Crippen LogP contribution in [-0.2, 0) is 0 Å². The van der Waals surface area contributed by atoms with Gasteiger partial charge in [0.1, 0.15) is 17.3 Å². The van der Waals surface area contributed by atoms with Crippen molar-refractivity contribution in [3.63, 3.8) is 0 Å². The summed E-state index contributed by atoms with van der Waals surface area (Å²) < 4.78 is 17.9. The third kappa shape index (κ3) is 2.60. The predicted octanol–water partition coefficient (Wildman–Crippen LogP) is 2.46. The number of pyridine rings is 1. The molecule has 0 aliphatic carbocycles. The summed E-state index contributed by atoms with van der Waals surface area (Å²) in [4.78, 5) is 11.1. The van der Waals surface area contributed by atoms with Crippen LogP contribution in [0.3, 0.4) is 0 Å². The maximum absolute atomic E-state index is 12.7. The lowest BCUT2D eigenvalue weighted by molar-refractivity contribution is 0.453. The smallest absolute Gasteiger partial charge is 0.223 e. The minimum Gasteiger partial charge on any atom is -0.437 e. The molecule has 76 valence electrons. The Balaban J connectivity index is 2.22. The van der Waals surface area contributed by atoms with Crippen LogP contribution in [0.25, 0.3) is 0 Å². The highest BCUT2D eigenvalue weighted by Gasteiger charge is 2.01. The van der Waals surface area contributed by atoms with E-state index >= 15 is 0 Å². The molecule has 6 heteroatoms. The Hall–Kier alpha value is -1.75. The van der Waals surface area contributed by atoms with Gasteiger partial charge >= 0.3 is 0 Å². The number of hydrogen-bond acceptors (Lipinski definition) is 4. The number of aromatic nitrogens is 3. The lowest BCUT2D eigenvalue weighted by Gasteiger charge is -2.03. The van der Waals surface area contributed by atoms with Crippen LogP contribution in [0.15, 0.2) is 30.9 Å². The third-order valence-corrected chi connectivity index (χ3v) is 1.72. The van der Waals surface area contributed by atoms with E-state index in [1.165, 1.54) is 24.7 Å². The summed E-state index contributed by atoms with van der Waals surface area (Å²) in [6.45, 7) is 0. The van der Waals surface area contributed by atoms with Crippen LogP contribution in [0.1, 0.15) is 0 Å². The number of halogens is 2. The van der Waals surface area contributed by atoms with Gasteiger partial charge < -0.3 is 4.74 Å². The molecule has 0 spiro atoms. The van der Waals surface area contributed by atoms with Gasteiger partial charge in [0.15, 0.2) is 5.75 Å². The lowest BCUT2D eigenvalue weighted by atomic mass is 10.4. The molecule has 0 N–H and O–H groups in total. The first kappa shape index (κ1) is 9.79. The van der Waals surface area contributed by atoms with Crippen molar-refractivity contribution in [2.45, 2.75) is 0 Å². The molecule has 0 fully saturated rings. The van der Waals surface area contributed by atoms with Gasteiger partial charge in [-0.1, -0.05) is 11.6 Å². The van der Waals surface area contributed by atoms with E-state index in [9.17, 15) is 4.39 Å². The Bertz CT molecular complexity index is 437. The highest BCUT2D eigenvalue weighted by molar-refractivity contribution is 6.29. The summed E-state index contributed by atoms with van der Waals surface area (Å²) in [6, 6.07) is 2.62. The minimum atomic E-state index is -0.479. The Morgan fingerprint density at radius 2 is 2.07 bits per heavy atom.